The van der Waals surface area contributed by atoms with Gasteiger partial charge in [-0.15, -0.1) is 5.10 Å². The molecule has 0 unspecified atom stereocenters. The third-order valence-corrected chi connectivity index (χ3v) is 4.40. The van der Waals surface area contributed by atoms with Crippen molar-refractivity contribution in [3.05, 3.63) is 36.4 Å². The third-order valence-electron chi connectivity index (χ3n) is 4.40. The molecule has 0 saturated carbocycles. The van der Waals surface area contributed by atoms with Crippen molar-refractivity contribution in [1.29, 1.82) is 0 Å². The molecule has 1 amide bonds. The van der Waals surface area contributed by atoms with E-state index in [0.717, 1.165) is 0 Å². The van der Waals surface area contributed by atoms with Gasteiger partial charge in [-0.25, -0.2) is 19.0 Å². The van der Waals surface area contributed by atoms with Gasteiger partial charge in [0.25, 0.3) is 0 Å². The summed E-state index contributed by atoms with van der Waals surface area (Å²) in [5.74, 6) is 0.803. The number of aromatic nitrogens is 5. The Morgan fingerprint density at radius 1 is 1.30 bits per heavy atom. The van der Waals surface area contributed by atoms with Crippen LogP contribution >= 0.6 is 0 Å². The van der Waals surface area contributed by atoms with Crippen LogP contribution in [0, 0.1) is 11.7 Å². The zero-order valence-electron chi connectivity index (χ0n) is 14.7. The van der Waals surface area contributed by atoms with Crippen LogP contribution < -0.4 is 15.0 Å². The topological polar surface area (TPSA) is 98.1 Å². The standard InChI is InChI=1S/C17H18FN7O2/c1-24-15-14(22-23-24)16(21-10-20-15)25-8-11(9-25)17(26)19-6-7-27-13-4-2-12(18)3-5-13/h2-5,10-11H,6-9H2,1H3,(H,19,26). The summed E-state index contributed by atoms with van der Waals surface area (Å²) in [7, 11) is 1.77. The molecule has 0 aliphatic carbocycles. The highest BCUT2D eigenvalue weighted by molar-refractivity contribution is 5.86. The summed E-state index contributed by atoms with van der Waals surface area (Å²) in [6.45, 7) is 1.83. The Morgan fingerprint density at radius 3 is 2.85 bits per heavy atom. The van der Waals surface area contributed by atoms with Gasteiger partial charge >= 0.3 is 0 Å². The lowest BCUT2D eigenvalue weighted by molar-refractivity contribution is -0.125. The molecule has 27 heavy (non-hydrogen) atoms. The van der Waals surface area contributed by atoms with Crippen LogP contribution in [0.2, 0.25) is 0 Å². The largest absolute Gasteiger partial charge is 0.492 e. The maximum absolute atomic E-state index is 12.8. The molecule has 10 heteroatoms. The van der Waals surface area contributed by atoms with Crippen LogP contribution in [0.25, 0.3) is 11.2 Å². The predicted octanol–water partition coefficient (Wildman–Crippen LogP) is 0.529. The molecule has 9 nitrogen and oxygen atoms in total. The fraction of sp³-hybridized carbons (Fsp3) is 0.353. The number of hydrogen-bond donors (Lipinski definition) is 1. The molecule has 2 aromatic heterocycles. The molecular formula is C17H18FN7O2. The van der Waals surface area contributed by atoms with Crippen molar-refractivity contribution in [2.45, 2.75) is 0 Å². The molecule has 3 aromatic rings. The number of benzene rings is 1. The Morgan fingerprint density at radius 2 is 2.07 bits per heavy atom. The fourth-order valence-electron chi connectivity index (χ4n) is 2.91. The summed E-state index contributed by atoms with van der Waals surface area (Å²) >= 11 is 0. The van der Waals surface area contributed by atoms with Crippen LogP contribution in [0.15, 0.2) is 30.6 Å². The first-order chi connectivity index (χ1) is 13.1. The third kappa shape index (κ3) is 3.50. The van der Waals surface area contributed by atoms with Crippen molar-refractivity contribution < 1.29 is 13.9 Å². The zero-order chi connectivity index (χ0) is 18.8. The minimum absolute atomic E-state index is 0.0293. The molecule has 0 atom stereocenters. The van der Waals surface area contributed by atoms with Gasteiger partial charge in [0.1, 0.15) is 24.5 Å². The number of ether oxygens (including phenoxy) is 1. The Balaban J connectivity index is 1.24. The molecule has 1 saturated heterocycles. The number of hydrogen-bond acceptors (Lipinski definition) is 7. The van der Waals surface area contributed by atoms with Gasteiger partial charge in [-0.2, -0.15) is 0 Å². The van der Waals surface area contributed by atoms with E-state index in [2.05, 4.69) is 25.6 Å². The van der Waals surface area contributed by atoms with E-state index in [1.54, 1.807) is 23.9 Å². The SMILES string of the molecule is Cn1nnc2c(N3CC(C(=O)NCCOc4ccc(F)cc4)C3)ncnc21. The zero-order valence-corrected chi connectivity index (χ0v) is 14.7. The summed E-state index contributed by atoms with van der Waals surface area (Å²) in [6, 6.07) is 5.77. The van der Waals surface area contributed by atoms with Gasteiger partial charge < -0.3 is 15.0 Å². The number of amides is 1. The molecule has 1 aliphatic heterocycles. The van der Waals surface area contributed by atoms with Crippen molar-refractivity contribution >= 4 is 22.9 Å². The van der Waals surface area contributed by atoms with Crippen LogP contribution in [0.3, 0.4) is 0 Å². The molecule has 140 valence electrons. The lowest BCUT2D eigenvalue weighted by atomic mass is 9.99. The quantitative estimate of drug-likeness (QED) is 0.631. The van der Waals surface area contributed by atoms with E-state index >= 15 is 0 Å². The van der Waals surface area contributed by atoms with Gasteiger partial charge in [0, 0.05) is 20.1 Å². The summed E-state index contributed by atoms with van der Waals surface area (Å²) < 4.78 is 19.9. The van der Waals surface area contributed by atoms with Crippen LogP contribution in [-0.2, 0) is 11.8 Å². The van der Waals surface area contributed by atoms with Gasteiger partial charge in [0.2, 0.25) is 5.91 Å². The summed E-state index contributed by atoms with van der Waals surface area (Å²) in [4.78, 5) is 22.6. The Bertz CT molecular complexity index is 954. The summed E-state index contributed by atoms with van der Waals surface area (Å²) in [6.07, 6.45) is 1.47. The fourth-order valence-corrected chi connectivity index (χ4v) is 2.91. The van der Waals surface area contributed by atoms with Crippen LogP contribution in [0.1, 0.15) is 0 Å². The molecular weight excluding hydrogens is 353 g/mol. The van der Waals surface area contributed by atoms with Gasteiger partial charge in [-0.3, -0.25) is 4.79 Å². The van der Waals surface area contributed by atoms with E-state index in [-0.39, 0.29) is 17.6 Å². The monoisotopic (exact) mass is 371 g/mol. The number of carbonyl (C=O) groups is 1. The number of aryl methyl sites for hydroxylation is 1. The lowest BCUT2D eigenvalue weighted by Gasteiger charge is -2.38. The lowest BCUT2D eigenvalue weighted by Crippen LogP contribution is -2.54. The number of fused-ring (bicyclic) bond motifs is 1. The summed E-state index contributed by atoms with van der Waals surface area (Å²) in [5, 5.41) is 10.9. The highest BCUT2D eigenvalue weighted by Gasteiger charge is 2.34. The van der Waals surface area contributed by atoms with Gasteiger partial charge in [0.15, 0.2) is 17.0 Å². The number of anilines is 1. The Labute approximate surface area is 154 Å². The van der Waals surface area contributed by atoms with E-state index in [9.17, 15) is 9.18 Å². The number of carbonyl (C=O) groups excluding carboxylic acids is 1. The normalized spacial score (nSPS) is 14.2. The van der Waals surface area contributed by atoms with Crippen molar-refractivity contribution in [3.63, 3.8) is 0 Å². The molecule has 0 spiro atoms. The molecule has 1 aromatic carbocycles. The number of rotatable bonds is 6. The summed E-state index contributed by atoms with van der Waals surface area (Å²) in [5.41, 5.74) is 1.29. The highest BCUT2D eigenvalue weighted by atomic mass is 19.1. The molecule has 4 rings (SSSR count). The molecule has 1 fully saturated rings. The minimum Gasteiger partial charge on any atom is -0.492 e. The van der Waals surface area contributed by atoms with E-state index in [1.807, 2.05) is 4.90 Å². The van der Waals surface area contributed by atoms with Crippen LogP contribution in [0.4, 0.5) is 10.2 Å². The van der Waals surface area contributed by atoms with E-state index in [4.69, 9.17) is 4.74 Å². The maximum atomic E-state index is 12.8. The second kappa shape index (κ2) is 7.14. The average molecular weight is 371 g/mol. The Hall–Kier alpha value is -3.30. The molecule has 3 heterocycles. The minimum atomic E-state index is -0.312. The van der Waals surface area contributed by atoms with Gasteiger partial charge in [0.05, 0.1) is 12.5 Å². The first-order valence-electron chi connectivity index (χ1n) is 8.53. The van der Waals surface area contributed by atoms with Crippen molar-refractivity contribution in [1.82, 2.24) is 30.3 Å². The first kappa shape index (κ1) is 17.1. The first-order valence-corrected chi connectivity index (χ1v) is 8.53. The predicted molar refractivity (Wildman–Crippen MR) is 94.7 cm³/mol. The molecule has 0 radical (unpaired) electrons. The van der Waals surface area contributed by atoms with Gasteiger partial charge in [-0.05, 0) is 24.3 Å². The van der Waals surface area contributed by atoms with Crippen molar-refractivity contribution in [2.24, 2.45) is 13.0 Å². The molecule has 1 aliphatic rings. The second-order valence-electron chi connectivity index (χ2n) is 6.28. The van der Waals surface area contributed by atoms with E-state index < -0.39 is 0 Å². The van der Waals surface area contributed by atoms with E-state index in [0.29, 0.717) is 49.0 Å². The number of nitrogens with zero attached hydrogens (tertiary/aromatic N) is 6. The van der Waals surface area contributed by atoms with Crippen LogP contribution in [0.5, 0.6) is 5.75 Å². The average Bonchev–Trinajstić information content (AvgIpc) is 3.01. The van der Waals surface area contributed by atoms with E-state index in [1.165, 1.54) is 18.5 Å². The van der Waals surface area contributed by atoms with Crippen LogP contribution in [-0.4, -0.2) is 57.1 Å². The second-order valence-corrected chi connectivity index (χ2v) is 6.28. The number of halogens is 1. The van der Waals surface area contributed by atoms with Gasteiger partial charge in [-0.1, -0.05) is 5.21 Å². The van der Waals surface area contributed by atoms with Crippen molar-refractivity contribution in [3.8, 4) is 5.75 Å². The number of nitrogens with one attached hydrogen (secondary N) is 1. The smallest absolute Gasteiger partial charge is 0.226 e. The molecule has 0 bridgehead atoms. The highest BCUT2D eigenvalue weighted by Crippen LogP contribution is 2.27. The maximum Gasteiger partial charge on any atom is 0.226 e. The Kier molecular flexibility index (Phi) is 4.53. The molecule has 1 N–H and O–H groups in total. The van der Waals surface area contributed by atoms with Crippen molar-refractivity contribution in [2.75, 3.05) is 31.1 Å².